The van der Waals surface area contributed by atoms with Crippen LogP contribution in [0, 0.1) is 13.8 Å². The number of aryl methyl sites for hydroxylation is 2. The fraction of sp³-hybridized carbons (Fsp3) is 0.278. The van der Waals surface area contributed by atoms with Gasteiger partial charge < -0.3 is 10.6 Å². The minimum Gasteiger partial charge on any atom is -0.326 e. The zero-order valence-corrected chi connectivity index (χ0v) is 12.9. The molecule has 0 bridgehead atoms. The van der Waals surface area contributed by atoms with E-state index in [0.717, 1.165) is 22.4 Å². The molecule has 0 spiro atoms. The zero-order chi connectivity index (χ0) is 15.4. The summed E-state index contributed by atoms with van der Waals surface area (Å²) in [7, 11) is 1.81. The number of nitrogens with two attached hydrogens (primary N) is 1. The lowest BCUT2D eigenvalue weighted by Gasteiger charge is -2.18. The molecular formula is C18H22N2O. The fourth-order valence-electron chi connectivity index (χ4n) is 2.27. The van der Waals surface area contributed by atoms with Gasteiger partial charge in [0, 0.05) is 19.3 Å². The summed E-state index contributed by atoms with van der Waals surface area (Å²) in [5.41, 5.74) is 11.0. The van der Waals surface area contributed by atoms with E-state index in [1.165, 1.54) is 5.56 Å². The van der Waals surface area contributed by atoms with Crippen LogP contribution in [0.15, 0.2) is 42.5 Å². The topological polar surface area (TPSA) is 46.3 Å². The van der Waals surface area contributed by atoms with Crippen molar-refractivity contribution in [2.75, 3.05) is 11.9 Å². The Morgan fingerprint density at radius 3 is 2.38 bits per heavy atom. The Kier molecular flexibility index (Phi) is 4.76. The molecule has 0 unspecified atom stereocenters. The number of benzene rings is 2. The van der Waals surface area contributed by atoms with Crippen LogP contribution in [-0.4, -0.2) is 13.0 Å². The molecule has 0 aliphatic rings. The predicted molar refractivity (Wildman–Crippen MR) is 87.4 cm³/mol. The number of amides is 1. The number of rotatable bonds is 4. The van der Waals surface area contributed by atoms with E-state index in [-0.39, 0.29) is 5.91 Å². The summed E-state index contributed by atoms with van der Waals surface area (Å²) >= 11 is 0. The van der Waals surface area contributed by atoms with Crippen molar-refractivity contribution in [3.63, 3.8) is 0 Å². The van der Waals surface area contributed by atoms with Crippen LogP contribution in [-0.2, 0) is 17.8 Å². The van der Waals surface area contributed by atoms with Gasteiger partial charge in [-0.2, -0.15) is 0 Å². The summed E-state index contributed by atoms with van der Waals surface area (Å²) in [5.74, 6) is 0.0872. The van der Waals surface area contributed by atoms with Gasteiger partial charge in [-0.1, -0.05) is 35.9 Å². The van der Waals surface area contributed by atoms with Crippen molar-refractivity contribution in [1.29, 1.82) is 0 Å². The van der Waals surface area contributed by atoms with Gasteiger partial charge in [-0.15, -0.1) is 0 Å². The van der Waals surface area contributed by atoms with E-state index in [1.807, 2.05) is 45.2 Å². The molecule has 0 aliphatic carbocycles. The van der Waals surface area contributed by atoms with Crippen molar-refractivity contribution >= 4 is 11.6 Å². The minimum absolute atomic E-state index is 0.0872. The Hall–Kier alpha value is -2.13. The standard InChI is InChI=1S/C18H22N2O/c1-13-4-5-14(2)16(10-13)11-18(21)20(3)17-8-6-15(12-19)7-9-17/h4-10H,11-12,19H2,1-3H3. The smallest absolute Gasteiger partial charge is 0.231 e. The van der Waals surface area contributed by atoms with Gasteiger partial charge in [-0.05, 0) is 42.7 Å². The molecular weight excluding hydrogens is 260 g/mol. The maximum absolute atomic E-state index is 12.4. The van der Waals surface area contributed by atoms with Crippen LogP contribution in [0.25, 0.3) is 0 Å². The minimum atomic E-state index is 0.0872. The normalized spacial score (nSPS) is 10.5. The lowest BCUT2D eigenvalue weighted by Crippen LogP contribution is -2.28. The first-order valence-corrected chi connectivity index (χ1v) is 7.13. The predicted octanol–water partition coefficient (Wildman–Crippen LogP) is 2.97. The molecule has 2 rings (SSSR count). The molecule has 3 heteroatoms. The van der Waals surface area contributed by atoms with Crippen LogP contribution < -0.4 is 10.6 Å². The third kappa shape index (κ3) is 3.70. The fourth-order valence-corrected chi connectivity index (χ4v) is 2.27. The van der Waals surface area contributed by atoms with E-state index in [4.69, 9.17) is 5.73 Å². The molecule has 0 heterocycles. The number of hydrogen-bond donors (Lipinski definition) is 1. The molecule has 0 saturated carbocycles. The van der Waals surface area contributed by atoms with Gasteiger partial charge in [0.1, 0.15) is 0 Å². The molecule has 2 N–H and O–H groups in total. The van der Waals surface area contributed by atoms with E-state index in [2.05, 4.69) is 18.2 Å². The van der Waals surface area contributed by atoms with E-state index >= 15 is 0 Å². The highest BCUT2D eigenvalue weighted by atomic mass is 16.2. The van der Waals surface area contributed by atoms with Gasteiger partial charge in [0.2, 0.25) is 5.91 Å². The number of carbonyl (C=O) groups is 1. The largest absolute Gasteiger partial charge is 0.326 e. The van der Waals surface area contributed by atoms with Crippen LogP contribution in [0.5, 0.6) is 0 Å². The zero-order valence-electron chi connectivity index (χ0n) is 12.9. The second-order valence-electron chi connectivity index (χ2n) is 5.43. The van der Waals surface area contributed by atoms with E-state index in [1.54, 1.807) is 4.90 Å². The Bertz CT molecular complexity index is 632. The first-order chi connectivity index (χ1) is 10.0. The van der Waals surface area contributed by atoms with Gasteiger partial charge in [-0.25, -0.2) is 0 Å². The van der Waals surface area contributed by atoms with Crippen molar-refractivity contribution in [3.05, 3.63) is 64.7 Å². The lowest BCUT2D eigenvalue weighted by molar-refractivity contribution is -0.117. The van der Waals surface area contributed by atoms with Gasteiger partial charge >= 0.3 is 0 Å². The van der Waals surface area contributed by atoms with E-state index in [0.29, 0.717) is 13.0 Å². The monoisotopic (exact) mass is 282 g/mol. The third-order valence-corrected chi connectivity index (χ3v) is 3.78. The maximum atomic E-state index is 12.4. The van der Waals surface area contributed by atoms with Crippen molar-refractivity contribution in [2.24, 2.45) is 5.73 Å². The van der Waals surface area contributed by atoms with E-state index < -0.39 is 0 Å². The van der Waals surface area contributed by atoms with E-state index in [9.17, 15) is 4.79 Å². The molecule has 0 aliphatic heterocycles. The first kappa shape index (κ1) is 15.3. The highest BCUT2D eigenvalue weighted by Crippen LogP contribution is 2.17. The number of anilines is 1. The molecule has 0 radical (unpaired) electrons. The van der Waals surface area contributed by atoms with Crippen LogP contribution in [0.4, 0.5) is 5.69 Å². The van der Waals surface area contributed by atoms with Gasteiger partial charge in [-0.3, -0.25) is 4.79 Å². The highest BCUT2D eigenvalue weighted by molar-refractivity contribution is 5.94. The molecule has 21 heavy (non-hydrogen) atoms. The summed E-state index contributed by atoms with van der Waals surface area (Å²) in [5, 5.41) is 0. The van der Waals surface area contributed by atoms with Crippen molar-refractivity contribution < 1.29 is 4.79 Å². The van der Waals surface area contributed by atoms with Crippen molar-refractivity contribution in [3.8, 4) is 0 Å². The average molecular weight is 282 g/mol. The lowest BCUT2D eigenvalue weighted by atomic mass is 10.0. The summed E-state index contributed by atoms with van der Waals surface area (Å²) in [4.78, 5) is 14.1. The van der Waals surface area contributed by atoms with Gasteiger partial charge in [0.05, 0.1) is 6.42 Å². The summed E-state index contributed by atoms with van der Waals surface area (Å²) < 4.78 is 0. The highest BCUT2D eigenvalue weighted by Gasteiger charge is 2.13. The maximum Gasteiger partial charge on any atom is 0.231 e. The van der Waals surface area contributed by atoms with Crippen LogP contribution >= 0.6 is 0 Å². The number of carbonyl (C=O) groups excluding carboxylic acids is 1. The summed E-state index contributed by atoms with van der Waals surface area (Å²) in [6, 6.07) is 14.0. The Morgan fingerprint density at radius 1 is 1.10 bits per heavy atom. The molecule has 0 saturated heterocycles. The average Bonchev–Trinajstić information content (AvgIpc) is 2.50. The van der Waals surface area contributed by atoms with Gasteiger partial charge in [0.25, 0.3) is 0 Å². The molecule has 1 amide bonds. The quantitative estimate of drug-likeness (QED) is 0.937. The van der Waals surface area contributed by atoms with Crippen LogP contribution in [0.2, 0.25) is 0 Å². The first-order valence-electron chi connectivity index (χ1n) is 7.13. The Balaban J connectivity index is 2.13. The molecule has 110 valence electrons. The van der Waals surface area contributed by atoms with Gasteiger partial charge in [0.15, 0.2) is 0 Å². The van der Waals surface area contributed by atoms with Crippen molar-refractivity contribution in [1.82, 2.24) is 0 Å². The Labute approximate surface area is 126 Å². The Morgan fingerprint density at radius 2 is 1.76 bits per heavy atom. The summed E-state index contributed by atoms with van der Waals surface area (Å²) in [6.45, 7) is 4.60. The molecule has 0 atom stereocenters. The third-order valence-electron chi connectivity index (χ3n) is 3.78. The number of hydrogen-bond acceptors (Lipinski definition) is 2. The molecule has 3 nitrogen and oxygen atoms in total. The molecule has 0 fully saturated rings. The van der Waals surface area contributed by atoms with Crippen LogP contribution in [0.3, 0.4) is 0 Å². The number of likely N-dealkylation sites (N-methyl/N-ethyl adjacent to an activating group) is 1. The number of nitrogens with zero attached hydrogens (tertiary/aromatic N) is 1. The molecule has 0 aromatic heterocycles. The van der Waals surface area contributed by atoms with Crippen molar-refractivity contribution in [2.45, 2.75) is 26.8 Å². The second-order valence-corrected chi connectivity index (χ2v) is 5.43. The molecule has 2 aromatic rings. The second kappa shape index (κ2) is 6.55. The SMILES string of the molecule is Cc1ccc(C)c(CC(=O)N(C)c2ccc(CN)cc2)c1. The van der Waals surface area contributed by atoms with Crippen LogP contribution in [0.1, 0.15) is 22.3 Å². The summed E-state index contributed by atoms with van der Waals surface area (Å²) in [6.07, 6.45) is 0.419. The molecule has 2 aromatic carbocycles.